The van der Waals surface area contributed by atoms with E-state index in [0.29, 0.717) is 32.2 Å². The molecule has 1 heterocycles. The van der Waals surface area contributed by atoms with Crippen molar-refractivity contribution in [2.45, 2.75) is 45.3 Å². The van der Waals surface area contributed by atoms with Crippen molar-refractivity contribution < 1.29 is 22.7 Å². The summed E-state index contributed by atoms with van der Waals surface area (Å²) in [4.78, 5) is 18.1. The Bertz CT molecular complexity index is 607. The van der Waals surface area contributed by atoms with Crippen LogP contribution in [-0.4, -0.2) is 88.9 Å². The van der Waals surface area contributed by atoms with E-state index in [-0.39, 0.29) is 48.5 Å². The van der Waals surface area contributed by atoms with E-state index in [1.165, 1.54) is 6.26 Å². The van der Waals surface area contributed by atoms with Crippen LogP contribution < -0.4 is 10.6 Å². The van der Waals surface area contributed by atoms with Crippen LogP contribution in [0.2, 0.25) is 0 Å². The number of carbonyl (C=O) groups excluding carboxylic acids is 1. The summed E-state index contributed by atoms with van der Waals surface area (Å²) in [5.41, 5.74) is -0.508. The third kappa shape index (κ3) is 12.6. The number of amides is 1. The van der Waals surface area contributed by atoms with Gasteiger partial charge in [0.05, 0.1) is 19.0 Å². The van der Waals surface area contributed by atoms with Gasteiger partial charge in [-0.1, -0.05) is 0 Å². The lowest BCUT2D eigenvalue weighted by molar-refractivity contribution is 0.0193. The van der Waals surface area contributed by atoms with Crippen molar-refractivity contribution in [2.75, 3.05) is 51.9 Å². The van der Waals surface area contributed by atoms with Gasteiger partial charge in [-0.25, -0.2) is 13.2 Å². The number of nitrogens with one attached hydrogen (secondary N) is 2. The van der Waals surface area contributed by atoms with Crippen LogP contribution in [0.4, 0.5) is 4.79 Å². The fourth-order valence-electron chi connectivity index (χ4n) is 2.53. The molecule has 0 bridgehead atoms. The van der Waals surface area contributed by atoms with E-state index < -0.39 is 15.4 Å². The molecule has 0 aromatic heterocycles. The van der Waals surface area contributed by atoms with E-state index in [0.717, 1.165) is 12.8 Å². The molecule has 1 atom stereocenters. The molecule has 9 nitrogen and oxygen atoms in total. The third-order valence-corrected chi connectivity index (χ3v) is 4.68. The fourth-order valence-corrected chi connectivity index (χ4v) is 2.95. The quantitative estimate of drug-likeness (QED) is 0.219. The maximum Gasteiger partial charge on any atom is 0.410 e. The predicted octanol–water partition coefficient (Wildman–Crippen LogP) is 1.23. The molecule has 1 aliphatic heterocycles. The molecule has 0 radical (unpaired) electrons. The summed E-state index contributed by atoms with van der Waals surface area (Å²) in [5.74, 6) is 0.639. The van der Waals surface area contributed by atoms with Crippen LogP contribution >= 0.6 is 24.0 Å². The smallest absolute Gasteiger partial charge is 0.410 e. The van der Waals surface area contributed by atoms with Crippen LogP contribution in [0.25, 0.3) is 0 Å². The van der Waals surface area contributed by atoms with Gasteiger partial charge in [0.1, 0.15) is 15.4 Å². The van der Waals surface area contributed by atoms with Crippen LogP contribution in [0.3, 0.4) is 0 Å². The number of ether oxygens (including phenoxy) is 2. The Labute approximate surface area is 185 Å². The lowest BCUT2D eigenvalue weighted by Gasteiger charge is -2.35. The Kier molecular flexibility index (Phi) is 12.3. The number of rotatable bonds is 7. The van der Waals surface area contributed by atoms with Gasteiger partial charge in [0.25, 0.3) is 0 Å². The number of hydrogen-bond donors (Lipinski definition) is 2. The number of carbonyl (C=O) groups is 1. The van der Waals surface area contributed by atoms with E-state index in [1.54, 1.807) is 11.9 Å². The standard InChI is InChI=1S/C17H34N4O5S.HI/c1-17(2,3)26-16(22)21-9-6-7-14(13-21)20-15(18-4)19-8-10-25-11-12-27(5,23)24;/h14H,6-13H2,1-5H3,(H2,18,19,20);1H. The molecule has 28 heavy (non-hydrogen) atoms. The van der Waals surface area contributed by atoms with Gasteiger partial charge in [-0.2, -0.15) is 0 Å². The number of piperidine rings is 1. The van der Waals surface area contributed by atoms with Gasteiger partial charge in [-0.15, -0.1) is 24.0 Å². The highest BCUT2D eigenvalue weighted by molar-refractivity contribution is 14.0. The van der Waals surface area contributed by atoms with Crippen LogP contribution in [0.1, 0.15) is 33.6 Å². The zero-order valence-corrected chi connectivity index (χ0v) is 20.6. The molecule has 0 spiro atoms. The van der Waals surface area contributed by atoms with Crippen molar-refractivity contribution in [1.82, 2.24) is 15.5 Å². The minimum Gasteiger partial charge on any atom is -0.444 e. The Morgan fingerprint density at radius 1 is 1.29 bits per heavy atom. The molecule has 1 aliphatic rings. The minimum absolute atomic E-state index is 0. The second kappa shape index (κ2) is 12.7. The molecule has 1 fully saturated rings. The summed E-state index contributed by atoms with van der Waals surface area (Å²) >= 11 is 0. The molecule has 1 amide bonds. The Morgan fingerprint density at radius 3 is 2.54 bits per heavy atom. The van der Waals surface area contributed by atoms with E-state index in [1.807, 2.05) is 20.8 Å². The molecular formula is C17H35IN4O5S. The first kappa shape index (κ1) is 27.2. The summed E-state index contributed by atoms with van der Waals surface area (Å²) in [6.45, 7) is 7.88. The van der Waals surface area contributed by atoms with Gasteiger partial charge >= 0.3 is 6.09 Å². The Hall–Kier alpha value is -0.820. The number of aliphatic imine (C=N–C) groups is 1. The number of nitrogens with zero attached hydrogens (tertiary/aromatic N) is 2. The summed E-state index contributed by atoms with van der Waals surface area (Å²) in [6, 6.07) is 0.0867. The molecule has 0 aliphatic carbocycles. The molecule has 0 saturated carbocycles. The van der Waals surface area contributed by atoms with E-state index >= 15 is 0 Å². The molecule has 2 N–H and O–H groups in total. The van der Waals surface area contributed by atoms with Crippen LogP contribution in [0.5, 0.6) is 0 Å². The van der Waals surface area contributed by atoms with Crippen molar-refractivity contribution in [2.24, 2.45) is 4.99 Å². The van der Waals surface area contributed by atoms with E-state index in [9.17, 15) is 13.2 Å². The van der Waals surface area contributed by atoms with Gasteiger partial charge in [-0.3, -0.25) is 4.99 Å². The predicted molar refractivity (Wildman–Crippen MR) is 121 cm³/mol. The van der Waals surface area contributed by atoms with Crippen LogP contribution in [0, 0.1) is 0 Å². The fraction of sp³-hybridized carbons (Fsp3) is 0.882. The van der Waals surface area contributed by atoms with Gasteiger partial charge in [0, 0.05) is 39.0 Å². The Balaban J connectivity index is 0.00000729. The first-order valence-electron chi connectivity index (χ1n) is 9.21. The van der Waals surface area contributed by atoms with Crippen molar-refractivity contribution in [1.29, 1.82) is 0 Å². The number of likely N-dealkylation sites (tertiary alicyclic amines) is 1. The zero-order valence-electron chi connectivity index (χ0n) is 17.5. The lowest BCUT2D eigenvalue weighted by Crippen LogP contribution is -2.53. The number of guanidine groups is 1. The average Bonchev–Trinajstić information content (AvgIpc) is 2.54. The SMILES string of the molecule is CN=C(NCCOCCS(C)(=O)=O)NC1CCCN(C(=O)OC(C)(C)C)C1.I. The molecule has 11 heteroatoms. The normalized spacial score (nSPS) is 18.2. The molecule has 1 rings (SSSR count). The topological polar surface area (TPSA) is 109 Å². The summed E-state index contributed by atoms with van der Waals surface area (Å²) in [7, 11) is -1.32. The lowest BCUT2D eigenvalue weighted by atomic mass is 10.1. The number of halogens is 1. The van der Waals surface area contributed by atoms with Crippen molar-refractivity contribution in [3.63, 3.8) is 0 Å². The van der Waals surface area contributed by atoms with E-state index in [4.69, 9.17) is 9.47 Å². The van der Waals surface area contributed by atoms with E-state index in [2.05, 4.69) is 15.6 Å². The van der Waals surface area contributed by atoms with Gasteiger partial charge in [-0.05, 0) is 33.6 Å². The largest absolute Gasteiger partial charge is 0.444 e. The van der Waals surface area contributed by atoms with Crippen molar-refractivity contribution >= 4 is 45.9 Å². The summed E-state index contributed by atoms with van der Waals surface area (Å²) < 4.78 is 32.8. The molecular weight excluding hydrogens is 499 g/mol. The second-order valence-electron chi connectivity index (χ2n) is 7.65. The first-order chi connectivity index (χ1) is 12.5. The van der Waals surface area contributed by atoms with Gasteiger partial charge in [0.2, 0.25) is 0 Å². The highest BCUT2D eigenvalue weighted by atomic mass is 127. The number of hydrogen-bond acceptors (Lipinski definition) is 6. The zero-order chi connectivity index (χ0) is 20.5. The van der Waals surface area contributed by atoms with Gasteiger partial charge < -0.3 is 25.0 Å². The number of sulfone groups is 1. The second-order valence-corrected chi connectivity index (χ2v) is 9.91. The third-order valence-electron chi connectivity index (χ3n) is 3.77. The maximum atomic E-state index is 12.2. The highest BCUT2D eigenvalue weighted by Gasteiger charge is 2.27. The minimum atomic E-state index is -3.00. The molecule has 1 unspecified atom stereocenters. The molecule has 0 aromatic rings. The maximum absolute atomic E-state index is 12.2. The summed E-state index contributed by atoms with van der Waals surface area (Å²) in [5, 5.41) is 6.43. The monoisotopic (exact) mass is 534 g/mol. The van der Waals surface area contributed by atoms with Gasteiger partial charge in [0.15, 0.2) is 5.96 Å². The van der Waals surface area contributed by atoms with Crippen LogP contribution in [-0.2, 0) is 19.3 Å². The molecule has 166 valence electrons. The van der Waals surface area contributed by atoms with Crippen molar-refractivity contribution in [3.05, 3.63) is 0 Å². The highest BCUT2D eigenvalue weighted by Crippen LogP contribution is 2.15. The van der Waals surface area contributed by atoms with Crippen LogP contribution in [0.15, 0.2) is 4.99 Å². The average molecular weight is 534 g/mol. The van der Waals surface area contributed by atoms with Crippen molar-refractivity contribution in [3.8, 4) is 0 Å². The Morgan fingerprint density at radius 2 is 1.96 bits per heavy atom. The summed E-state index contributed by atoms with van der Waals surface area (Å²) in [6.07, 6.45) is 2.72. The first-order valence-corrected chi connectivity index (χ1v) is 11.3. The molecule has 1 saturated heterocycles. The molecule has 0 aromatic carbocycles.